The number of nitrogens with one attached hydrogen (secondary N) is 1. The summed E-state index contributed by atoms with van der Waals surface area (Å²) in [5.74, 6) is -0.771. The highest BCUT2D eigenvalue weighted by Gasteiger charge is 2.26. The fraction of sp³-hybridized carbons (Fsp3) is 0.556. The van der Waals surface area contributed by atoms with Gasteiger partial charge in [-0.2, -0.15) is 0 Å². The zero-order valence-electron chi connectivity index (χ0n) is 14.2. The zero-order valence-corrected chi connectivity index (χ0v) is 14.2. The van der Waals surface area contributed by atoms with Crippen molar-refractivity contribution in [3.63, 3.8) is 0 Å². The lowest BCUT2D eigenvalue weighted by Crippen LogP contribution is -2.43. The molecule has 2 heterocycles. The van der Waals surface area contributed by atoms with Gasteiger partial charge in [-0.25, -0.2) is 4.39 Å². The average molecular weight is 349 g/mol. The topological polar surface area (TPSA) is 61.9 Å². The Morgan fingerprint density at radius 3 is 2.68 bits per heavy atom. The molecule has 2 fully saturated rings. The number of halogens is 1. The van der Waals surface area contributed by atoms with E-state index in [0.717, 1.165) is 6.54 Å². The van der Waals surface area contributed by atoms with E-state index in [2.05, 4.69) is 5.32 Å². The van der Waals surface area contributed by atoms with Crippen molar-refractivity contribution in [2.24, 2.45) is 0 Å². The van der Waals surface area contributed by atoms with Gasteiger partial charge in [-0.15, -0.1) is 0 Å². The monoisotopic (exact) mass is 349 g/mol. The molecule has 0 radical (unpaired) electrons. The molecule has 0 spiro atoms. The molecule has 136 valence electrons. The molecular formula is C18H24FN3O3. The summed E-state index contributed by atoms with van der Waals surface area (Å²) in [6.07, 6.45) is 0.963. The highest BCUT2D eigenvalue weighted by atomic mass is 19.1. The van der Waals surface area contributed by atoms with Crippen LogP contribution in [0.25, 0.3) is 0 Å². The van der Waals surface area contributed by atoms with Crippen LogP contribution in [0, 0.1) is 5.82 Å². The molecule has 2 aliphatic rings. The zero-order chi connectivity index (χ0) is 17.6. The van der Waals surface area contributed by atoms with Crippen molar-refractivity contribution in [3.8, 4) is 0 Å². The van der Waals surface area contributed by atoms with Gasteiger partial charge >= 0.3 is 0 Å². The van der Waals surface area contributed by atoms with Crippen molar-refractivity contribution < 1.29 is 18.7 Å². The molecule has 6 nitrogen and oxygen atoms in total. The van der Waals surface area contributed by atoms with E-state index in [1.165, 1.54) is 12.1 Å². The molecule has 1 aromatic rings. The number of benzene rings is 1. The number of carbonyl (C=O) groups is 2. The van der Waals surface area contributed by atoms with E-state index >= 15 is 0 Å². The first-order chi connectivity index (χ1) is 12.1. The molecule has 0 unspecified atom stereocenters. The molecule has 0 saturated carbocycles. The number of hydrogen-bond acceptors (Lipinski definition) is 4. The summed E-state index contributed by atoms with van der Waals surface area (Å²) in [4.78, 5) is 28.4. The standard InChI is InChI=1S/C18H24FN3O3/c19-16-5-2-1-4-15(16)18(24)22-8-3-7-21(9-10-22)17(23)12-14-13-20-6-11-25-14/h1-2,4-5,14,20H,3,6-13H2/t14-/m0/s1. The van der Waals surface area contributed by atoms with Gasteiger partial charge in [0.1, 0.15) is 5.82 Å². The molecule has 0 aromatic heterocycles. The fourth-order valence-electron chi connectivity index (χ4n) is 3.25. The molecule has 7 heteroatoms. The summed E-state index contributed by atoms with van der Waals surface area (Å²) in [5.41, 5.74) is 0.0870. The molecule has 1 aromatic carbocycles. The van der Waals surface area contributed by atoms with Gasteiger partial charge < -0.3 is 19.9 Å². The van der Waals surface area contributed by atoms with E-state index in [-0.39, 0.29) is 23.5 Å². The maximum atomic E-state index is 13.8. The van der Waals surface area contributed by atoms with Gasteiger partial charge in [0.25, 0.3) is 5.91 Å². The Morgan fingerprint density at radius 1 is 1.16 bits per heavy atom. The van der Waals surface area contributed by atoms with E-state index in [1.54, 1.807) is 21.9 Å². The molecule has 0 bridgehead atoms. The van der Waals surface area contributed by atoms with Crippen LogP contribution in [0.4, 0.5) is 4.39 Å². The second-order valence-corrected chi connectivity index (χ2v) is 6.41. The lowest BCUT2D eigenvalue weighted by atomic mass is 10.2. The average Bonchev–Trinajstić information content (AvgIpc) is 2.89. The Bertz CT molecular complexity index is 619. The highest BCUT2D eigenvalue weighted by molar-refractivity contribution is 5.94. The SMILES string of the molecule is O=C(C[C@H]1CNCCO1)N1CCCN(C(=O)c2ccccc2F)CC1. The maximum Gasteiger partial charge on any atom is 0.256 e. The van der Waals surface area contributed by atoms with E-state index in [9.17, 15) is 14.0 Å². The normalized spacial score (nSPS) is 21.7. The number of amides is 2. The lowest BCUT2D eigenvalue weighted by molar-refractivity contribution is -0.134. The molecule has 2 aliphatic heterocycles. The minimum absolute atomic E-state index is 0.0499. The van der Waals surface area contributed by atoms with Crippen molar-refractivity contribution in [1.82, 2.24) is 15.1 Å². The summed E-state index contributed by atoms with van der Waals surface area (Å²) in [6, 6.07) is 6.01. The van der Waals surface area contributed by atoms with E-state index < -0.39 is 5.82 Å². The van der Waals surface area contributed by atoms with E-state index in [4.69, 9.17) is 4.74 Å². The minimum Gasteiger partial charge on any atom is -0.375 e. The summed E-state index contributed by atoms with van der Waals surface area (Å²) >= 11 is 0. The third-order valence-corrected chi connectivity index (χ3v) is 4.65. The molecule has 2 amide bonds. The van der Waals surface area contributed by atoms with E-state index in [0.29, 0.717) is 52.2 Å². The van der Waals surface area contributed by atoms with Gasteiger partial charge in [-0.1, -0.05) is 12.1 Å². The Kier molecular flexibility index (Phi) is 5.99. The number of hydrogen-bond donors (Lipinski definition) is 1. The van der Waals surface area contributed by atoms with Crippen molar-refractivity contribution in [1.29, 1.82) is 0 Å². The highest BCUT2D eigenvalue weighted by Crippen LogP contribution is 2.14. The Labute approximate surface area is 146 Å². The van der Waals surface area contributed by atoms with Gasteiger partial charge in [0.15, 0.2) is 0 Å². The third kappa shape index (κ3) is 4.55. The molecule has 3 rings (SSSR count). The van der Waals surface area contributed by atoms with Gasteiger partial charge in [0, 0.05) is 39.3 Å². The predicted molar refractivity (Wildman–Crippen MR) is 90.7 cm³/mol. The molecule has 1 atom stereocenters. The fourth-order valence-corrected chi connectivity index (χ4v) is 3.25. The van der Waals surface area contributed by atoms with Crippen molar-refractivity contribution in [3.05, 3.63) is 35.6 Å². The Morgan fingerprint density at radius 2 is 1.92 bits per heavy atom. The summed E-state index contributed by atoms with van der Waals surface area (Å²) in [7, 11) is 0. The number of carbonyl (C=O) groups excluding carboxylic acids is 2. The Balaban J connectivity index is 1.55. The summed E-state index contributed by atoms with van der Waals surface area (Å²) in [5, 5.41) is 3.22. The predicted octanol–water partition coefficient (Wildman–Crippen LogP) is 0.879. The molecule has 25 heavy (non-hydrogen) atoms. The van der Waals surface area contributed by atoms with Crippen LogP contribution in [0.3, 0.4) is 0 Å². The van der Waals surface area contributed by atoms with Crippen LogP contribution >= 0.6 is 0 Å². The van der Waals surface area contributed by atoms with Crippen molar-refractivity contribution in [2.75, 3.05) is 45.9 Å². The van der Waals surface area contributed by atoms with Crippen molar-refractivity contribution >= 4 is 11.8 Å². The first-order valence-corrected chi connectivity index (χ1v) is 8.79. The van der Waals surface area contributed by atoms with Gasteiger partial charge in [0.2, 0.25) is 5.91 Å². The van der Waals surface area contributed by atoms with Crippen LogP contribution in [0.15, 0.2) is 24.3 Å². The molecule has 1 N–H and O–H groups in total. The smallest absolute Gasteiger partial charge is 0.256 e. The van der Waals surface area contributed by atoms with Crippen LogP contribution in [-0.2, 0) is 9.53 Å². The second-order valence-electron chi connectivity index (χ2n) is 6.41. The summed E-state index contributed by atoms with van der Waals surface area (Å²) in [6.45, 7) is 4.17. The second kappa shape index (κ2) is 8.40. The molecule has 0 aliphatic carbocycles. The van der Waals surface area contributed by atoms with Gasteiger partial charge in [-0.3, -0.25) is 9.59 Å². The van der Waals surface area contributed by atoms with Crippen LogP contribution in [-0.4, -0.2) is 73.6 Å². The maximum absolute atomic E-state index is 13.8. The minimum atomic E-state index is -0.508. The first-order valence-electron chi connectivity index (χ1n) is 8.79. The van der Waals surface area contributed by atoms with Crippen LogP contribution < -0.4 is 5.32 Å². The number of rotatable bonds is 3. The van der Waals surface area contributed by atoms with Crippen molar-refractivity contribution in [2.45, 2.75) is 18.9 Å². The molecular weight excluding hydrogens is 325 g/mol. The van der Waals surface area contributed by atoms with Crippen LogP contribution in [0.5, 0.6) is 0 Å². The Hall–Kier alpha value is -1.99. The number of nitrogens with zero attached hydrogens (tertiary/aromatic N) is 2. The number of ether oxygens (including phenoxy) is 1. The van der Waals surface area contributed by atoms with Gasteiger partial charge in [0.05, 0.1) is 24.7 Å². The van der Waals surface area contributed by atoms with E-state index in [1.807, 2.05) is 0 Å². The summed E-state index contributed by atoms with van der Waals surface area (Å²) < 4.78 is 19.4. The van der Waals surface area contributed by atoms with Gasteiger partial charge in [-0.05, 0) is 18.6 Å². The third-order valence-electron chi connectivity index (χ3n) is 4.65. The lowest BCUT2D eigenvalue weighted by Gasteiger charge is -2.27. The molecule has 2 saturated heterocycles. The quantitative estimate of drug-likeness (QED) is 0.880. The van der Waals surface area contributed by atoms with Crippen LogP contribution in [0.2, 0.25) is 0 Å². The largest absolute Gasteiger partial charge is 0.375 e. The van der Waals surface area contributed by atoms with Crippen LogP contribution in [0.1, 0.15) is 23.2 Å². The number of morpholine rings is 1. The first kappa shape index (κ1) is 17.8.